The molecule has 8 heteroatoms. The van der Waals surface area contributed by atoms with E-state index in [0.29, 0.717) is 15.6 Å². The predicted molar refractivity (Wildman–Crippen MR) is 136 cm³/mol. The van der Waals surface area contributed by atoms with E-state index in [-0.39, 0.29) is 11.9 Å². The van der Waals surface area contributed by atoms with Gasteiger partial charge in [-0.1, -0.05) is 23.2 Å². The second-order valence-electron chi connectivity index (χ2n) is 9.65. The van der Waals surface area contributed by atoms with Crippen LogP contribution >= 0.6 is 23.2 Å². The summed E-state index contributed by atoms with van der Waals surface area (Å²) in [7, 11) is 0. The van der Waals surface area contributed by atoms with E-state index in [2.05, 4.69) is 26.2 Å². The maximum atomic E-state index is 12.6. The predicted octanol–water partition coefficient (Wildman–Crippen LogP) is 4.82. The smallest absolute Gasteiger partial charge is 0.253 e. The van der Waals surface area contributed by atoms with Crippen LogP contribution in [0.1, 0.15) is 48.0 Å². The Morgan fingerprint density at radius 2 is 1.88 bits per heavy atom. The molecule has 2 aromatic rings. The number of halogens is 2. The van der Waals surface area contributed by atoms with Gasteiger partial charge in [-0.05, 0) is 68.8 Å². The highest BCUT2D eigenvalue weighted by Crippen LogP contribution is 2.34. The first-order chi connectivity index (χ1) is 16.6. The van der Waals surface area contributed by atoms with Gasteiger partial charge < -0.3 is 15.0 Å². The summed E-state index contributed by atoms with van der Waals surface area (Å²) < 4.78 is 5.85. The Kier molecular flexibility index (Phi) is 7.47. The maximum Gasteiger partial charge on any atom is 0.253 e. The molecule has 0 atom stereocenters. The molecular formula is C26H32Cl2N4O2. The molecule has 1 saturated carbocycles. The quantitative estimate of drug-likeness (QED) is 0.613. The Balaban J connectivity index is 1.03. The molecule has 1 saturated heterocycles. The number of benzene rings is 1. The zero-order valence-corrected chi connectivity index (χ0v) is 21.0. The monoisotopic (exact) mass is 502 g/mol. The summed E-state index contributed by atoms with van der Waals surface area (Å²) >= 11 is 12.1. The summed E-state index contributed by atoms with van der Waals surface area (Å²) in [5.41, 5.74) is 1.78. The normalized spacial score (nSPS) is 22.8. The molecule has 0 unspecified atom stereocenters. The van der Waals surface area contributed by atoms with E-state index < -0.39 is 0 Å². The van der Waals surface area contributed by atoms with Crippen molar-refractivity contribution >= 4 is 34.9 Å². The van der Waals surface area contributed by atoms with Gasteiger partial charge in [0.1, 0.15) is 0 Å². The average molecular weight is 503 g/mol. The van der Waals surface area contributed by atoms with Crippen LogP contribution in [0.4, 0.5) is 5.82 Å². The molecule has 182 valence electrons. The van der Waals surface area contributed by atoms with Gasteiger partial charge in [-0.15, -0.1) is 0 Å². The van der Waals surface area contributed by atoms with Gasteiger partial charge in [0.2, 0.25) is 0 Å². The average Bonchev–Trinajstić information content (AvgIpc) is 3.33. The highest BCUT2D eigenvalue weighted by atomic mass is 35.5. The third kappa shape index (κ3) is 5.45. The molecule has 2 aliphatic heterocycles. The summed E-state index contributed by atoms with van der Waals surface area (Å²) in [5.74, 6) is 2.65. The molecule has 1 aliphatic carbocycles. The number of anilines is 1. The first-order valence-electron chi connectivity index (χ1n) is 12.4. The number of fused-ring (bicyclic) bond motifs is 1. The van der Waals surface area contributed by atoms with E-state index in [1.54, 1.807) is 18.2 Å². The Bertz CT molecular complexity index is 1020. The Labute approximate surface area is 211 Å². The zero-order chi connectivity index (χ0) is 23.5. The van der Waals surface area contributed by atoms with Crippen LogP contribution in [-0.2, 0) is 6.42 Å². The van der Waals surface area contributed by atoms with Crippen molar-refractivity contribution in [3.8, 4) is 5.75 Å². The van der Waals surface area contributed by atoms with Gasteiger partial charge in [0.15, 0.2) is 11.6 Å². The number of aromatic nitrogens is 1. The number of carbonyl (C=O) groups excluding carboxylic acids is 1. The number of piperazine rings is 1. The Hall–Kier alpha value is -2.02. The Morgan fingerprint density at radius 1 is 1.09 bits per heavy atom. The molecule has 0 bridgehead atoms. The summed E-state index contributed by atoms with van der Waals surface area (Å²) in [6.07, 6.45) is 8.52. The minimum Gasteiger partial charge on any atom is -0.489 e. The topological polar surface area (TPSA) is 57.7 Å². The molecule has 1 amide bonds. The summed E-state index contributed by atoms with van der Waals surface area (Å²) in [4.78, 5) is 22.2. The molecule has 1 aromatic heterocycles. The first kappa shape index (κ1) is 23.7. The van der Waals surface area contributed by atoms with Crippen LogP contribution in [0, 0.1) is 5.92 Å². The van der Waals surface area contributed by atoms with Crippen LogP contribution in [0.3, 0.4) is 0 Å². The molecule has 2 fully saturated rings. The fraction of sp³-hybridized carbons (Fsp3) is 0.538. The molecule has 3 heterocycles. The van der Waals surface area contributed by atoms with Gasteiger partial charge >= 0.3 is 0 Å². The number of amides is 1. The van der Waals surface area contributed by atoms with Crippen molar-refractivity contribution in [2.45, 2.75) is 44.6 Å². The van der Waals surface area contributed by atoms with E-state index in [1.807, 2.05) is 6.20 Å². The number of pyridine rings is 1. The molecule has 3 aliphatic rings. The number of nitrogens with one attached hydrogen (secondary N) is 1. The second-order valence-corrected chi connectivity index (χ2v) is 10.5. The van der Waals surface area contributed by atoms with Gasteiger partial charge in [-0.2, -0.15) is 0 Å². The fourth-order valence-corrected chi connectivity index (χ4v) is 5.89. The lowest BCUT2D eigenvalue weighted by Gasteiger charge is -2.37. The van der Waals surface area contributed by atoms with Gasteiger partial charge in [0.25, 0.3) is 5.91 Å². The maximum absolute atomic E-state index is 12.6. The highest BCUT2D eigenvalue weighted by molar-refractivity contribution is 6.36. The van der Waals surface area contributed by atoms with Crippen LogP contribution in [0.2, 0.25) is 10.0 Å². The van der Waals surface area contributed by atoms with Crippen molar-refractivity contribution in [2.24, 2.45) is 5.92 Å². The second kappa shape index (κ2) is 10.7. The summed E-state index contributed by atoms with van der Waals surface area (Å²) in [5, 5.41) is 4.10. The van der Waals surface area contributed by atoms with E-state index in [1.165, 1.54) is 12.0 Å². The molecule has 6 nitrogen and oxygen atoms in total. The molecule has 5 rings (SSSR count). The van der Waals surface area contributed by atoms with Crippen molar-refractivity contribution in [1.82, 2.24) is 15.2 Å². The molecule has 1 aromatic carbocycles. The lowest BCUT2D eigenvalue weighted by molar-refractivity contribution is 0.0920. The van der Waals surface area contributed by atoms with Crippen molar-refractivity contribution in [2.75, 3.05) is 44.2 Å². The molecule has 0 spiro atoms. The lowest BCUT2D eigenvalue weighted by atomic mass is 9.84. The molecule has 34 heavy (non-hydrogen) atoms. The minimum absolute atomic E-state index is 0.105. The van der Waals surface area contributed by atoms with E-state index >= 15 is 0 Å². The van der Waals surface area contributed by atoms with Crippen LogP contribution in [0.15, 0.2) is 30.5 Å². The van der Waals surface area contributed by atoms with E-state index in [0.717, 1.165) is 88.9 Å². The lowest BCUT2D eigenvalue weighted by Crippen LogP contribution is -2.47. The SMILES string of the molecule is O=C(N[C@H]1CC[C@H](CCN2CCN(c3nccc4c3OCC4)CC2)CC1)c1ccc(Cl)cc1Cl. The van der Waals surface area contributed by atoms with E-state index in [4.69, 9.17) is 27.9 Å². The Morgan fingerprint density at radius 3 is 2.65 bits per heavy atom. The largest absolute Gasteiger partial charge is 0.489 e. The number of ether oxygens (including phenoxy) is 1. The van der Waals surface area contributed by atoms with Gasteiger partial charge in [-0.3, -0.25) is 9.69 Å². The van der Waals surface area contributed by atoms with Crippen molar-refractivity contribution in [3.05, 3.63) is 51.6 Å². The van der Waals surface area contributed by atoms with Crippen molar-refractivity contribution in [3.63, 3.8) is 0 Å². The van der Waals surface area contributed by atoms with Crippen LogP contribution < -0.4 is 15.0 Å². The number of hydrogen-bond acceptors (Lipinski definition) is 5. The van der Waals surface area contributed by atoms with Crippen LogP contribution in [-0.4, -0.2) is 61.2 Å². The van der Waals surface area contributed by atoms with E-state index in [9.17, 15) is 4.79 Å². The molecular weight excluding hydrogens is 471 g/mol. The third-order valence-corrected chi connectivity index (χ3v) is 8.02. The first-order valence-corrected chi connectivity index (χ1v) is 13.2. The highest BCUT2D eigenvalue weighted by Gasteiger charge is 2.27. The number of hydrogen-bond donors (Lipinski definition) is 1. The van der Waals surface area contributed by atoms with Crippen molar-refractivity contribution in [1.29, 1.82) is 0 Å². The van der Waals surface area contributed by atoms with Crippen molar-refractivity contribution < 1.29 is 9.53 Å². The molecule has 1 N–H and O–H groups in total. The summed E-state index contributed by atoms with van der Waals surface area (Å²) in [6.45, 7) is 6.05. The van der Waals surface area contributed by atoms with Gasteiger partial charge in [0.05, 0.1) is 17.2 Å². The number of nitrogens with zero attached hydrogens (tertiary/aromatic N) is 3. The zero-order valence-electron chi connectivity index (χ0n) is 19.4. The standard InChI is InChI=1S/C26H32Cl2N4O2/c27-20-3-6-22(23(28)17-20)26(33)30-21-4-1-18(2-5-21)8-11-31-12-14-32(15-13-31)25-24-19(7-10-29-25)9-16-34-24/h3,6-7,10,17-18,21H,1-2,4-5,8-9,11-16H2,(H,30,33)/t18-,21-. The van der Waals surface area contributed by atoms with Crippen LogP contribution in [0.25, 0.3) is 0 Å². The van der Waals surface area contributed by atoms with Gasteiger partial charge in [-0.25, -0.2) is 4.98 Å². The van der Waals surface area contributed by atoms with Gasteiger partial charge in [0, 0.05) is 55.4 Å². The fourth-order valence-electron chi connectivity index (χ4n) is 5.40. The number of carbonyl (C=O) groups is 1. The summed E-state index contributed by atoms with van der Waals surface area (Å²) in [6, 6.07) is 7.32. The van der Waals surface area contributed by atoms with Crippen LogP contribution in [0.5, 0.6) is 5.75 Å². The third-order valence-electron chi connectivity index (χ3n) is 7.47. The molecule has 0 radical (unpaired) electrons. The number of rotatable bonds is 6. The minimum atomic E-state index is -0.105.